The zero-order chi connectivity index (χ0) is 22.1. The molecule has 0 radical (unpaired) electrons. The van der Waals surface area contributed by atoms with E-state index in [0.29, 0.717) is 21.6 Å². The van der Waals surface area contributed by atoms with Crippen LogP contribution in [0.3, 0.4) is 0 Å². The van der Waals surface area contributed by atoms with Crippen molar-refractivity contribution in [3.05, 3.63) is 94.5 Å². The van der Waals surface area contributed by atoms with Gasteiger partial charge < -0.3 is 4.74 Å². The predicted molar refractivity (Wildman–Crippen MR) is 125 cm³/mol. The van der Waals surface area contributed by atoms with E-state index in [9.17, 15) is 0 Å². The minimum atomic E-state index is 0.267. The van der Waals surface area contributed by atoms with E-state index in [1.165, 1.54) is 0 Å². The van der Waals surface area contributed by atoms with E-state index in [1.54, 1.807) is 10.8 Å². The zero-order valence-electron chi connectivity index (χ0n) is 17.0. The van der Waals surface area contributed by atoms with E-state index in [0.717, 1.165) is 33.6 Å². The molecular weight excluding hydrogens is 445 g/mol. The monoisotopic (exact) mass is 461 g/mol. The van der Waals surface area contributed by atoms with Crippen LogP contribution in [-0.2, 0) is 6.61 Å². The molecule has 3 heterocycles. The molecule has 0 unspecified atom stereocenters. The van der Waals surface area contributed by atoms with Crippen molar-refractivity contribution in [1.82, 2.24) is 24.8 Å². The summed E-state index contributed by atoms with van der Waals surface area (Å²) in [5.74, 6) is 0.438. The van der Waals surface area contributed by atoms with Gasteiger partial charge in [0.1, 0.15) is 12.9 Å². The number of aryl methyl sites for hydroxylation is 1. The van der Waals surface area contributed by atoms with Gasteiger partial charge in [0.15, 0.2) is 5.65 Å². The first-order chi connectivity index (χ1) is 15.6. The lowest BCUT2D eigenvalue weighted by Gasteiger charge is -2.16. The molecule has 5 rings (SSSR count). The summed E-state index contributed by atoms with van der Waals surface area (Å²) >= 11 is 12.3. The van der Waals surface area contributed by atoms with Crippen molar-refractivity contribution in [3.63, 3.8) is 0 Å². The molecule has 5 aromatic rings. The third-order valence-corrected chi connectivity index (χ3v) is 5.49. The number of aromatic nitrogens is 5. The second-order valence-electron chi connectivity index (χ2n) is 7.23. The number of halogens is 2. The highest BCUT2D eigenvalue weighted by atomic mass is 35.5. The molecule has 0 N–H and O–H groups in total. The standard InChI is InChI=1S/C24H17Cl2N5O/c1-15-3-2-4-20(28-15)13-32-24-22(17-7-11-19(26)12-8-17)21(16-5-9-18(25)10-6-16)23-29-27-14-31(23)30-24/h2-12,14H,13H2,1H3. The average Bonchev–Trinajstić information content (AvgIpc) is 3.26. The second kappa shape index (κ2) is 8.57. The average molecular weight is 462 g/mol. The molecule has 0 bridgehead atoms. The van der Waals surface area contributed by atoms with Crippen molar-refractivity contribution < 1.29 is 4.74 Å². The highest BCUT2D eigenvalue weighted by Crippen LogP contribution is 2.41. The van der Waals surface area contributed by atoms with Crippen molar-refractivity contribution in [2.75, 3.05) is 0 Å². The van der Waals surface area contributed by atoms with Crippen LogP contribution in [0.4, 0.5) is 0 Å². The van der Waals surface area contributed by atoms with Gasteiger partial charge in [0.2, 0.25) is 5.88 Å². The van der Waals surface area contributed by atoms with E-state index in [-0.39, 0.29) is 6.61 Å². The van der Waals surface area contributed by atoms with Crippen LogP contribution in [0.15, 0.2) is 73.1 Å². The number of nitrogens with zero attached hydrogens (tertiary/aromatic N) is 5. The molecule has 158 valence electrons. The van der Waals surface area contributed by atoms with E-state index >= 15 is 0 Å². The zero-order valence-corrected chi connectivity index (χ0v) is 18.5. The summed E-state index contributed by atoms with van der Waals surface area (Å²) in [6.07, 6.45) is 1.55. The minimum Gasteiger partial charge on any atom is -0.470 e. The normalized spacial score (nSPS) is 11.1. The van der Waals surface area contributed by atoms with Crippen molar-refractivity contribution in [2.24, 2.45) is 0 Å². The molecule has 0 atom stereocenters. The fourth-order valence-corrected chi connectivity index (χ4v) is 3.78. The summed E-state index contributed by atoms with van der Waals surface area (Å²) in [6.45, 7) is 2.21. The van der Waals surface area contributed by atoms with Gasteiger partial charge in [0.05, 0.1) is 11.3 Å². The molecule has 6 nitrogen and oxygen atoms in total. The van der Waals surface area contributed by atoms with Crippen molar-refractivity contribution in [2.45, 2.75) is 13.5 Å². The first kappa shape index (κ1) is 20.4. The lowest BCUT2D eigenvalue weighted by atomic mass is 9.96. The third kappa shape index (κ3) is 4.02. The molecule has 0 fully saturated rings. The molecule has 32 heavy (non-hydrogen) atoms. The molecule has 0 aliphatic heterocycles. The maximum Gasteiger partial charge on any atom is 0.240 e. The fourth-order valence-electron chi connectivity index (χ4n) is 3.53. The van der Waals surface area contributed by atoms with Gasteiger partial charge in [-0.3, -0.25) is 4.98 Å². The van der Waals surface area contributed by atoms with E-state index < -0.39 is 0 Å². The summed E-state index contributed by atoms with van der Waals surface area (Å²) in [6, 6.07) is 20.9. The quantitative estimate of drug-likeness (QED) is 0.318. The number of benzene rings is 2. The molecular formula is C24H17Cl2N5O. The highest BCUT2D eigenvalue weighted by Gasteiger charge is 2.21. The molecule has 0 saturated carbocycles. The summed E-state index contributed by atoms with van der Waals surface area (Å²) < 4.78 is 7.83. The molecule has 0 saturated heterocycles. The third-order valence-electron chi connectivity index (χ3n) is 4.99. The van der Waals surface area contributed by atoms with Crippen LogP contribution in [0.5, 0.6) is 5.88 Å². The van der Waals surface area contributed by atoms with Gasteiger partial charge in [-0.2, -0.15) is 4.52 Å². The fraction of sp³-hybridized carbons (Fsp3) is 0.0833. The largest absolute Gasteiger partial charge is 0.470 e. The Morgan fingerprint density at radius 1 is 0.844 bits per heavy atom. The topological polar surface area (TPSA) is 65.2 Å². The van der Waals surface area contributed by atoms with E-state index in [1.807, 2.05) is 73.7 Å². The van der Waals surface area contributed by atoms with Crippen molar-refractivity contribution >= 4 is 28.8 Å². The number of fused-ring (bicyclic) bond motifs is 1. The number of ether oxygens (including phenoxy) is 1. The lowest BCUT2D eigenvalue weighted by Crippen LogP contribution is -2.06. The Kier molecular flexibility index (Phi) is 5.47. The van der Waals surface area contributed by atoms with Crippen LogP contribution < -0.4 is 4.74 Å². The van der Waals surface area contributed by atoms with E-state index in [4.69, 9.17) is 27.9 Å². The van der Waals surface area contributed by atoms with Crippen LogP contribution >= 0.6 is 23.2 Å². The van der Waals surface area contributed by atoms with Crippen LogP contribution in [0.25, 0.3) is 27.9 Å². The van der Waals surface area contributed by atoms with Gasteiger partial charge in [0.25, 0.3) is 0 Å². The Labute approximate surface area is 194 Å². The summed E-state index contributed by atoms with van der Waals surface area (Å²) in [5.41, 5.74) is 5.78. The summed E-state index contributed by atoms with van der Waals surface area (Å²) in [7, 11) is 0. The molecule has 0 aliphatic rings. The van der Waals surface area contributed by atoms with Gasteiger partial charge in [0, 0.05) is 21.3 Å². The molecule has 0 aliphatic carbocycles. The molecule has 2 aromatic carbocycles. The van der Waals surface area contributed by atoms with Crippen molar-refractivity contribution in [3.8, 4) is 28.1 Å². The SMILES string of the molecule is Cc1cccc(COc2nn3cnnc3c(-c3ccc(Cl)cc3)c2-c2ccc(Cl)cc2)n1. The first-order valence-electron chi connectivity index (χ1n) is 9.90. The Morgan fingerprint density at radius 2 is 1.50 bits per heavy atom. The van der Waals surface area contributed by atoms with Gasteiger partial charge in [-0.25, -0.2) is 0 Å². The number of hydrogen-bond acceptors (Lipinski definition) is 5. The number of hydrogen-bond donors (Lipinski definition) is 0. The summed E-state index contributed by atoms with van der Waals surface area (Å²) in [4.78, 5) is 4.53. The second-order valence-corrected chi connectivity index (χ2v) is 8.10. The van der Waals surface area contributed by atoms with Gasteiger partial charge in [-0.15, -0.1) is 15.3 Å². The molecule has 8 heteroatoms. The van der Waals surface area contributed by atoms with Crippen molar-refractivity contribution in [1.29, 1.82) is 0 Å². The molecule has 0 amide bonds. The van der Waals surface area contributed by atoms with Crippen LogP contribution in [0.1, 0.15) is 11.4 Å². The predicted octanol–water partition coefficient (Wildman–Crippen LogP) is 6.05. The number of pyridine rings is 1. The highest BCUT2D eigenvalue weighted by molar-refractivity contribution is 6.31. The first-order valence-corrected chi connectivity index (χ1v) is 10.7. The Hall–Kier alpha value is -3.48. The van der Waals surface area contributed by atoms with Gasteiger partial charge in [-0.1, -0.05) is 53.5 Å². The Bertz CT molecular complexity index is 1400. The molecule has 3 aromatic heterocycles. The van der Waals surface area contributed by atoms with Gasteiger partial charge in [-0.05, 0) is 54.4 Å². The lowest BCUT2D eigenvalue weighted by molar-refractivity contribution is 0.286. The van der Waals surface area contributed by atoms with Crippen LogP contribution in [-0.4, -0.2) is 24.8 Å². The maximum atomic E-state index is 6.22. The smallest absolute Gasteiger partial charge is 0.240 e. The number of rotatable bonds is 5. The summed E-state index contributed by atoms with van der Waals surface area (Å²) in [5, 5.41) is 14.3. The van der Waals surface area contributed by atoms with Gasteiger partial charge >= 0.3 is 0 Å². The molecule has 0 spiro atoms. The Balaban J connectivity index is 1.72. The van der Waals surface area contributed by atoms with Crippen LogP contribution in [0, 0.1) is 6.92 Å². The maximum absolute atomic E-state index is 6.22. The minimum absolute atomic E-state index is 0.267. The van der Waals surface area contributed by atoms with E-state index in [2.05, 4.69) is 20.3 Å². The van der Waals surface area contributed by atoms with Crippen LogP contribution in [0.2, 0.25) is 10.0 Å². The Morgan fingerprint density at radius 3 is 2.16 bits per heavy atom.